The van der Waals surface area contributed by atoms with E-state index in [9.17, 15) is 4.79 Å². The van der Waals surface area contributed by atoms with Crippen LogP contribution in [0.25, 0.3) is 0 Å². The van der Waals surface area contributed by atoms with Gasteiger partial charge in [-0.2, -0.15) is 0 Å². The van der Waals surface area contributed by atoms with Crippen LogP contribution in [-0.4, -0.2) is 36.9 Å². The van der Waals surface area contributed by atoms with Crippen molar-refractivity contribution < 1.29 is 9.53 Å². The van der Waals surface area contributed by atoms with Crippen LogP contribution >= 0.6 is 0 Å². The molecule has 106 valence electrons. The molecule has 0 unspecified atom stereocenters. The number of rotatable bonds is 8. The van der Waals surface area contributed by atoms with E-state index in [-0.39, 0.29) is 5.78 Å². The van der Waals surface area contributed by atoms with Crippen LogP contribution < -0.4 is 4.74 Å². The molecule has 0 radical (unpaired) electrons. The maximum Gasteiger partial charge on any atom is 0.167 e. The molecule has 1 rings (SSSR count). The Kier molecular flexibility index (Phi) is 6.57. The fourth-order valence-electron chi connectivity index (χ4n) is 2.08. The van der Waals surface area contributed by atoms with Crippen molar-refractivity contribution in [2.45, 2.75) is 34.1 Å². The standard InChI is InChI=1S/C16H25NO2/c1-5-17(6-2)11-10-15(18)14-12-13(4)8-9-16(14)19-7-3/h8-9,12H,5-7,10-11H2,1-4H3. The van der Waals surface area contributed by atoms with Gasteiger partial charge in [0.1, 0.15) is 5.75 Å². The first kappa shape index (κ1) is 15.7. The quantitative estimate of drug-likeness (QED) is 0.674. The van der Waals surface area contributed by atoms with E-state index in [0.29, 0.717) is 24.3 Å². The van der Waals surface area contributed by atoms with Crippen molar-refractivity contribution in [3.8, 4) is 5.75 Å². The zero-order chi connectivity index (χ0) is 14.3. The van der Waals surface area contributed by atoms with Crippen molar-refractivity contribution >= 4 is 5.78 Å². The summed E-state index contributed by atoms with van der Waals surface area (Å²) in [5, 5.41) is 0. The van der Waals surface area contributed by atoms with Gasteiger partial charge in [0.15, 0.2) is 5.78 Å². The first-order chi connectivity index (χ1) is 9.12. The summed E-state index contributed by atoms with van der Waals surface area (Å²) >= 11 is 0. The van der Waals surface area contributed by atoms with Gasteiger partial charge in [-0.25, -0.2) is 0 Å². The summed E-state index contributed by atoms with van der Waals surface area (Å²) in [6, 6.07) is 5.80. The van der Waals surface area contributed by atoms with Crippen LogP contribution in [0, 0.1) is 6.92 Å². The summed E-state index contributed by atoms with van der Waals surface area (Å²) in [7, 11) is 0. The number of ketones is 1. The molecule has 0 aliphatic rings. The highest BCUT2D eigenvalue weighted by Crippen LogP contribution is 2.21. The van der Waals surface area contributed by atoms with Gasteiger partial charge in [0, 0.05) is 13.0 Å². The molecular formula is C16H25NO2. The Bertz CT molecular complexity index is 411. The van der Waals surface area contributed by atoms with Crippen LogP contribution in [0.1, 0.15) is 43.1 Å². The predicted octanol–water partition coefficient (Wildman–Crippen LogP) is 3.31. The second-order valence-corrected chi connectivity index (χ2v) is 4.63. The Labute approximate surface area is 116 Å². The molecule has 0 spiro atoms. The highest BCUT2D eigenvalue weighted by molar-refractivity contribution is 5.99. The average Bonchev–Trinajstić information content (AvgIpc) is 2.42. The first-order valence-corrected chi connectivity index (χ1v) is 7.11. The molecule has 0 heterocycles. The SMILES string of the molecule is CCOc1ccc(C)cc1C(=O)CCN(CC)CC. The smallest absolute Gasteiger partial charge is 0.167 e. The summed E-state index contributed by atoms with van der Waals surface area (Å²) < 4.78 is 5.54. The minimum absolute atomic E-state index is 0.166. The minimum Gasteiger partial charge on any atom is -0.493 e. The third-order valence-electron chi connectivity index (χ3n) is 3.28. The summed E-state index contributed by atoms with van der Waals surface area (Å²) in [6.45, 7) is 11.5. The van der Waals surface area contributed by atoms with Crippen LogP contribution in [0.4, 0.5) is 0 Å². The number of ether oxygens (including phenoxy) is 1. The van der Waals surface area contributed by atoms with E-state index >= 15 is 0 Å². The predicted molar refractivity (Wildman–Crippen MR) is 79.1 cm³/mol. The molecule has 0 N–H and O–H groups in total. The van der Waals surface area contributed by atoms with Crippen molar-refractivity contribution in [2.24, 2.45) is 0 Å². The van der Waals surface area contributed by atoms with Gasteiger partial charge < -0.3 is 9.64 Å². The van der Waals surface area contributed by atoms with E-state index in [1.807, 2.05) is 32.0 Å². The van der Waals surface area contributed by atoms with Gasteiger partial charge in [-0.3, -0.25) is 4.79 Å². The number of carbonyl (C=O) groups is 1. The van der Waals surface area contributed by atoms with Crippen LogP contribution in [-0.2, 0) is 0 Å². The third kappa shape index (κ3) is 4.67. The van der Waals surface area contributed by atoms with Crippen molar-refractivity contribution in [3.63, 3.8) is 0 Å². The largest absolute Gasteiger partial charge is 0.493 e. The molecule has 0 fully saturated rings. The lowest BCUT2D eigenvalue weighted by atomic mass is 10.0. The Morgan fingerprint density at radius 2 is 1.89 bits per heavy atom. The van der Waals surface area contributed by atoms with Crippen LogP contribution in [0.2, 0.25) is 0 Å². The summed E-state index contributed by atoms with van der Waals surface area (Å²) in [5.74, 6) is 0.872. The lowest BCUT2D eigenvalue weighted by Crippen LogP contribution is -2.25. The number of carbonyl (C=O) groups excluding carboxylic acids is 1. The molecule has 0 saturated heterocycles. The Morgan fingerprint density at radius 3 is 2.47 bits per heavy atom. The lowest BCUT2D eigenvalue weighted by molar-refractivity contribution is 0.0962. The van der Waals surface area contributed by atoms with Crippen molar-refractivity contribution in [1.82, 2.24) is 4.90 Å². The molecule has 19 heavy (non-hydrogen) atoms. The third-order valence-corrected chi connectivity index (χ3v) is 3.28. The summed E-state index contributed by atoms with van der Waals surface area (Å²) in [5.41, 5.74) is 1.81. The first-order valence-electron chi connectivity index (χ1n) is 7.11. The zero-order valence-electron chi connectivity index (χ0n) is 12.5. The van der Waals surface area contributed by atoms with Gasteiger partial charge in [-0.05, 0) is 39.1 Å². The van der Waals surface area contributed by atoms with E-state index in [1.54, 1.807) is 0 Å². The van der Waals surface area contributed by atoms with Crippen LogP contribution in [0.15, 0.2) is 18.2 Å². The Hall–Kier alpha value is -1.35. The normalized spacial score (nSPS) is 10.8. The minimum atomic E-state index is 0.166. The van der Waals surface area contributed by atoms with E-state index in [1.165, 1.54) is 0 Å². The number of hydrogen-bond acceptors (Lipinski definition) is 3. The highest BCUT2D eigenvalue weighted by Gasteiger charge is 2.13. The van der Waals surface area contributed by atoms with Crippen molar-refractivity contribution in [1.29, 1.82) is 0 Å². The molecular weight excluding hydrogens is 238 g/mol. The topological polar surface area (TPSA) is 29.5 Å². The van der Waals surface area contributed by atoms with Gasteiger partial charge in [-0.15, -0.1) is 0 Å². The van der Waals surface area contributed by atoms with Gasteiger partial charge in [-0.1, -0.05) is 25.5 Å². The summed E-state index contributed by atoms with van der Waals surface area (Å²) in [6.07, 6.45) is 0.547. The Morgan fingerprint density at radius 1 is 1.21 bits per heavy atom. The number of hydrogen-bond donors (Lipinski definition) is 0. The van der Waals surface area contributed by atoms with Gasteiger partial charge >= 0.3 is 0 Å². The summed E-state index contributed by atoms with van der Waals surface area (Å²) in [4.78, 5) is 14.6. The molecule has 0 bridgehead atoms. The molecule has 0 saturated carbocycles. The molecule has 0 aliphatic heterocycles. The van der Waals surface area contributed by atoms with Gasteiger partial charge in [0.25, 0.3) is 0 Å². The fourth-order valence-corrected chi connectivity index (χ4v) is 2.08. The zero-order valence-corrected chi connectivity index (χ0v) is 12.5. The second kappa shape index (κ2) is 7.95. The number of aryl methyl sites for hydroxylation is 1. The molecule has 0 amide bonds. The van der Waals surface area contributed by atoms with Crippen LogP contribution in [0.5, 0.6) is 5.75 Å². The molecule has 0 aromatic heterocycles. The van der Waals surface area contributed by atoms with Gasteiger partial charge in [0.05, 0.1) is 12.2 Å². The van der Waals surface area contributed by atoms with Crippen molar-refractivity contribution in [3.05, 3.63) is 29.3 Å². The van der Waals surface area contributed by atoms with Gasteiger partial charge in [0.2, 0.25) is 0 Å². The van der Waals surface area contributed by atoms with E-state index in [4.69, 9.17) is 4.74 Å². The maximum atomic E-state index is 12.3. The lowest BCUT2D eigenvalue weighted by Gasteiger charge is -2.17. The number of benzene rings is 1. The monoisotopic (exact) mass is 263 g/mol. The van der Waals surface area contributed by atoms with E-state index in [0.717, 1.165) is 25.2 Å². The molecule has 3 heteroatoms. The van der Waals surface area contributed by atoms with E-state index in [2.05, 4.69) is 18.7 Å². The Balaban J connectivity index is 2.77. The molecule has 1 aromatic carbocycles. The van der Waals surface area contributed by atoms with Crippen LogP contribution in [0.3, 0.4) is 0 Å². The average molecular weight is 263 g/mol. The molecule has 1 aromatic rings. The van der Waals surface area contributed by atoms with Crippen molar-refractivity contribution in [2.75, 3.05) is 26.2 Å². The molecule has 0 atom stereocenters. The molecule has 0 aliphatic carbocycles. The maximum absolute atomic E-state index is 12.3. The highest BCUT2D eigenvalue weighted by atomic mass is 16.5. The van der Waals surface area contributed by atoms with E-state index < -0.39 is 0 Å². The number of Topliss-reactive ketones (excluding diaryl/α,β-unsaturated/α-hetero) is 1. The second-order valence-electron chi connectivity index (χ2n) is 4.63. The number of nitrogens with zero attached hydrogens (tertiary/aromatic N) is 1. The molecule has 3 nitrogen and oxygen atoms in total. The fraction of sp³-hybridized carbons (Fsp3) is 0.562.